The monoisotopic (exact) mass is 244 g/mol. The highest BCUT2D eigenvalue weighted by Gasteiger charge is 2.29. The zero-order chi connectivity index (χ0) is 12.2. The Morgan fingerprint density at radius 3 is 2.50 bits per heavy atom. The Hall–Kier alpha value is -0.220. The molecule has 1 rings (SSSR count). The Morgan fingerprint density at radius 1 is 1.44 bits per heavy atom. The summed E-state index contributed by atoms with van der Waals surface area (Å²) in [6, 6.07) is 0. The van der Waals surface area contributed by atoms with E-state index >= 15 is 0 Å². The van der Waals surface area contributed by atoms with E-state index in [2.05, 4.69) is 6.92 Å². The van der Waals surface area contributed by atoms with Crippen LogP contribution in [-0.2, 0) is 4.79 Å². The first-order chi connectivity index (χ1) is 7.42. The van der Waals surface area contributed by atoms with Gasteiger partial charge in [-0.2, -0.15) is 11.8 Å². The minimum Gasteiger partial charge on any atom is -0.368 e. The Morgan fingerprint density at radius 2 is 2.00 bits per heavy atom. The normalized spacial score (nSPS) is 23.7. The number of primary amides is 1. The van der Waals surface area contributed by atoms with Gasteiger partial charge >= 0.3 is 0 Å². The highest BCUT2D eigenvalue weighted by Crippen LogP contribution is 2.33. The van der Waals surface area contributed by atoms with Gasteiger partial charge in [-0.3, -0.25) is 4.79 Å². The molecule has 0 spiro atoms. The van der Waals surface area contributed by atoms with Crippen LogP contribution in [0.3, 0.4) is 0 Å². The van der Waals surface area contributed by atoms with Crippen molar-refractivity contribution in [2.45, 2.75) is 68.4 Å². The molecular formula is C12H24N2OS. The number of rotatable bonds is 5. The second-order valence-electron chi connectivity index (χ2n) is 5.19. The summed E-state index contributed by atoms with van der Waals surface area (Å²) in [5.74, 6) is -0.399. The fourth-order valence-electron chi connectivity index (χ4n) is 2.28. The first kappa shape index (κ1) is 13.8. The minimum atomic E-state index is -0.860. The summed E-state index contributed by atoms with van der Waals surface area (Å²) in [7, 11) is 0. The van der Waals surface area contributed by atoms with Crippen molar-refractivity contribution in [3.05, 3.63) is 0 Å². The predicted molar refractivity (Wildman–Crippen MR) is 70.3 cm³/mol. The second kappa shape index (κ2) is 5.92. The van der Waals surface area contributed by atoms with Gasteiger partial charge in [-0.1, -0.05) is 26.2 Å². The van der Waals surface area contributed by atoms with Gasteiger partial charge in [0.15, 0.2) is 0 Å². The smallest absolute Gasteiger partial charge is 0.237 e. The summed E-state index contributed by atoms with van der Waals surface area (Å²) in [5.41, 5.74) is 10.3. The van der Waals surface area contributed by atoms with Crippen LogP contribution in [0.1, 0.15) is 52.4 Å². The molecule has 0 radical (unpaired) electrons. The summed E-state index contributed by atoms with van der Waals surface area (Å²) in [4.78, 5) is 11.1. The summed E-state index contributed by atoms with van der Waals surface area (Å²) in [6.45, 7) is 3.88. The van der Waals surface area contributed by atoms with Gasteiger partial charge in [-0.15, -0.1) is 0 Å². The van der Waals surface area contributed by atoms with Crippen molar-refractivity contribution >= 4 is 17.7 Å². The van der Waals surface area contributed by atoms with Crippen LogP contribution in [0.25, 0.3) is 0 Å². The summed E-state index contributed by atoms with van der Waals surface area (Å²) >= 11 is 1.98. The third-order valence-electron chi connectivity index (χ3n) is 3.25. The van der Waals surface area contributed by atoms with E-state index in [1.54, 1.807) is 6.92 Å². The second-order valence-corrected chi connectivity index (χ2v) is 6.94. The van der Waals surface area contributed by atoms with Crippen LogP contribution in [0.4, 0.5) is 0 Å². The number of thioether (sulfide) groups is 1. The lowest BCUT2D eigenvalue weighted by Crippen LogP contribution is -2.50. The van der Waals surface area contributed by atoms with Crippen LogP contribution in [0.2, 0.25) is 0 Å². The molecule has 4 N–H and O–H groups in total. The summed E-state index contributed by atoms with van der Waals surface area (Å²) < 4.78 is 0. The van der Waals surface area contributed by atoms with E-state index in [0.717, 1.165) is 5.25 Å². The molecule has 0 aliphatic heterocycles. The lowest BCUT2D eigenvalue weighted by Gasteiger charge is -2.28. The van der Waals surface area contributed by atoms with Crippen LogP contribution in [-0.4, -0.2) is 21.9 Å². The van der Waals surface area contributed by atoms with E-state index < -0.39 is 11.4 Å². The van der Waals surface area contributed by atoms with Crippen LogP contribution in [0.15, 0.2) is 0 Å². The number of amides is 1. The summed E-state index contributed by atoms with van der Waals surface area (Å²) in [6.07, 6.45) is 7.37. The highest BCUT2D eigenvalue weighted by molar-refractivity contribution is 8.00. The molecule has 1 amide bonds. The van der Waals surface area contributed by atoms with Crippen molar-refractivity contribution < 1.29 is 4.79 Å². The van der Waals surface area contributed by atoms with Gasteiger partial charge in [0, 0.05) is 10.5 Å². The van der Waals surface area contributed by atoms with E-state index in [0.29, 0.717) is 11.7 Å². The van der Waals surface area contributed by atoms with Crippen molar-refractivity contribution in [1.29, 1.82) is 0 Å². The van der Waals surface area contributed by atoms with Crippen LogP contribution < -0.4 is 11.5 Å². The average molecular weight is 244 g/mol. The molecule has 1 aliphatic carbocycles. The van der Waals surface area contributed by atoms with Gasteiger partial charge in [0.2, 0.25) is 5.91 Å². The molecule has 3 nitrogen and oxygen atoms in total. The lowest BCUT2D eigenvalue weighted by atomic mass is 9.97. The fourth-order valence-corrected chi connectivity index (χ4v) is 3.98. The quantitative estimate of drug-likeness (QED) is 0.777. The third-order valence-corrected chi connectivity index (χ3v) is 4.74. The molecule has 1 saturated carbocycles. The maximum Gasteiger partial charge on any atom is 0.237 e. The standard InChI is InChI=1S/C12H24N2OS/c1-9(8-12(2,14)11(13)15)16-10-6-4-3-5-7-10/h9-10H,3-8,14H2,1-2H3,(H2,13,15). The predicted octanol–water partition coefficient (Wildman–Crippen LogP) is 2.03. The van der Waals surface area contributed by atoms with E-state index in [9.17, 15) is 4.79 Å². The van der Waals surface area contributed by atoms with E-state index in [1.807, 2.05) is 11.8 Å². The van der Waals surface area contributed by atoms with Gasteiger partial charge in [-0.25, -0.2) is 0 Å². The number of carbonyl (C=O) groups is 1. The molecule has 0 aromatic heterocycles. The maximum absolute atomic E-state index is 11.1. The molecule has 1 fully saturated rings. The number of hydrogen-bond donors (Lipinski definition) is 2. The van der Waals surface area contributed by atoms with Gasteiger partial charge < -0.3 is 11.5 Å². The molecule has 16 heavy (non-hydrogen) atoms. The number of hydrogen-bond acceptors (Lipinski definition) is 3. The first-order valence-electron chi connectivity index (χ1n) is 6.16. The topological polar surface area (TPSA) is 69.1 Å². The van der Waals surface area contributed by atoms with E-state index in [1.165, 1.54) is 32.1 Å². The maximum atomic E-state index is 11.1. The molecule has 0 heterocycles. The van der Waals surface area contributed by atoms with Gasteiger partial charge in [0.1, 0.15) is 0 Å². The minimum absolute atomic E-state index is 0.399. The van der Waals surface area contributed by atoms with Crippen molar-refractivity contribution in [1.82, 2.24) is 0 Å². The van der Waals surface area contributed by atoms with Gasteiger partial charge in [-0.05, 0) is 26.2 Å². The molecule has 0 aromatic carbocycles. The van der Waals surface area contributed by atoms with E-state index in [-0.39, 0.29) is 0 Å². The van der Waals surface area contributed by atoms with Crippen molar-refractivity contribution in [3.63, 3.8) is 0 Å². The Labute approximate surface area is 103 Å². The number of nitrogens with two attached hydrogens (primary N) is 2. The molecule has 2 unspecified atom stereocenters. The molecule has 4 heteroatoms. The van der Waals surface area contributed by atoms with Crippen molar-refractivity contribution in [2.75, 3.05) is 0 Å². The Balaban J connectivity index is 2.34. The zero-order valence-corrected chi connectivity index (χ0v) is 11.2. The first-order valence-corrected chi connectivity index (χ1v) is 7.10. The van der Waals surface area contributed by atoms with Gasteiger partial charge in [0.05, 0.1) is 5.54 Å². The van der Waals surface area contributed by atoms with Crippen molar-refractivity contribution in [3.8, 4) is 0 Å². The Bertz CT molecular complexity index is 237. The van der Waals surface area contributed by atoms with Crippen LogP contribution in [0.5, 0.6) is 0 Å². The molecule has 0 aromatic rings. The molecule has 1 aliphatic rings. The number of carbonyl (C=O) groups excluding carboxylic acids is 1. The molecule has 2 atom stereocenters. The van der Waals surface area contributed by atoms with E-state index in [4.69, 9.17) is 11.5 Å². The molecule has 94 valence electrons. The highest BCUT2D eigenvalue weighted by atomic mass is 32.2. The zero-order valence-electron chi connectivity index (χ0n) is 10.4. The summed E-state index contributed by atoms with van der Waals surface area (Å²) in [5, 5.41) is 1.16. The average Bonchev–Trinajstić information content (AvgIpc) is 2.17. The molecule has 0 bridgehead atoms. The van der Waals surface area contributed by atoms with Crippen LogP contribution in [0, 0.1) is 0 Å². The van der Waals surface area contributed by atoms with Crippen molar-refractivity contribution in [2.24, 2.45) is 11.5 Å². The third kappa shape index (κ3) is 4.34. The van der Waals surface area contributed by atoms with Gasteiger partial charge in [0.25, 0.3) is 0 Å². The largest absolute Gasteiger partial charge is 0.368 e. The SMILES string of the molecule is CC(CC(C)(N)C(N)=O)SC1CCCCC1. The lowest BCUT2D eigenvalue weighted by molar-refractivity contribution is -0.122. The van der Waals surface area contributed by atoms with Crippen LogP contribution >= 0.6 is 11.8 Å². The Kier molecular flexibility index (Phi) is 5.12. The molecule has 0 saturated heterocycles. The fraction of sp³-hybridized carbons (Fsp3) is 0.917. The molecular weight excluding hydrogens is 220 g/mol.